The molecule has 4 aromatic rings. The van der Waals surface area contributed by atoms with Crippen LogP contribution in [0.5, 0.6) is 0 Å². The lowest BCUT2D eigenvalue weighted by Gasteiger charge is -2.16. The van der Waals surface area contributed by atoms with Crippen molar-refractivity contribution in [1.29, 1.82) is 0 Å². The summed E-state index contributed by atoms with van der Waals surface area (Å²) < 4.78 is 0. The molecule has 0 aliphatic carbocycles. The summed E-state index contributed by atoms with van der Waals surface area (Å²) in [6.45, 7) is 0. The van der Waals surface area contributed by atoms with Crippen LogP contribution >= 0.6 is 0 Å². The minimum absolute atomic E-state index is 0.0364. The van der Waals surface area contributed by atoms with Gasteiger partial charge < -0.3 is 10.6 Å². The first-order valence-corrected chi connectivity index (χ1v) is 10.2. The van der Waals surface area contributed by atoms with Crippen LogP contribution in [0.1, 0.15) is 5.56 Å². The maximum Gasteiger partial charge on any atom is 0.0915 e. The highest BCUT2D eigenvalue weighted by molar-refractivity contribution is 5.88. The summed E-state index contributed by atoms with van der Waals surface area (Å²) in [5.74, 6) is 2.86. The van der Waals surface area contributed by atoms with E-state index in [1.54, 1.807) is 0 Å². The molecule has 30 heavy (non-hydrogen) atoms. The topological polar surface area (TPSA) is 24.1 Å². The molecule has 1 aliphatic rings. The molecule has 2 N–H and O–H groups in total. The maximum absolute atomic E-state index is 5.72. The average molecular weight is 386 g/mol. The molecule has 0 spiro atoms. The molecule has 0 amide bonds. The molecule has 1 atom stereocenters. The Morgan fingerprint density at radius 1 is 0.767 bits per heavy atom. The number of hydrogen-bond acceptors (Lipinski definition) is 2. The molecular weight excluding hydrogens is 364 g/mol. The third-order valence-electron chi connectivity index (χ3n) is 5.54. The number of para-hydroxylation sites is 1. The third-order valence-corrected chi connectivity index (χ3v) is 5.54. The van der Waals surface area contributed by atoms with Gasteiger partial charge in [-0.3, -0.25) is 0 Å². The van der Waals surface area contributed by atoms with Crippen molar-refractivity contribution in [2.24, 2.45) is 0 Å². The smallest absolute Gasteiger partial charge is 0.0915 e. The van der Waals surface area contributed by atoms with E-state index < -0.39 is 0 Å². The van der Waals surface area contributed by atoms with Gasteiger partial charge in [-0.15, -0.1) is 6.42 Å². The molecule has 0 aromatic heterocycles. The van der Waals surface area contributed by atoms with Crippen LogP contribution in [0.2, 0.25) is 0 Å². The lowest BCUT2D eigenvalue weighted by Crippen LogP contribution is -2.11. The largest absolute Gasteiger partial charge is 0.371 e. The van der Waals surface area contributed by atoms with Crippen LogP contribution < -0.4 is 10.6 Å². The minimum Gasteiger partial charge on any atom is -0.371 e. The number of fused-ring (bicyclic) bond motifs is 1. The summed E-state index contributed by atoms with van der Waals surface area (Å²) >= 11 is 0. The van der Waals surface area contributed by atoms with E-state index in [1.807, 2.05) is 12.1 Å². The van der Waals surface area contributed by atoms with E-state index in [4.69, 9.17) is 6.42 Å². The fourth-order valence-electron chi connectivity index (χ4n) is 4.11. The molecule has 2 nitrogen and oxygen atoms in total. The van der Waals surface area contributed by atoms with Crippen LogP contribution in [0.25, 0.3) is 22.3 Å². The predicted octanol–water partition coefficient (Wildman–Crippen LogP) is 6.73. The second-order valence-electron chi connectivity index (χ2n) is 7.53. The van der Waals surface area contributed by atoms with Gasteiger partial charge in [0.15, 0.2) is 0 Å². The molecule has 0 saturated heterocycles. The van der Waals surface area contributed by atoms with Gasteiger partial charge in [0.05, 0.1) is 6.04 Å². The van der Waals surface area contributed by atoms with Crippen molar-refractivity contribution in [3.8, 4) is 34.6 Å². The Morgan fingerprint density at radius 3 is 2.10 bits per heavy atom. The van der Waals surface area contributed by atoms with E-state index in [0.717, 1.165) is 23.5 Å². The monoisotopic (exact) mass is 386 g/mol. The highest BCUT2D eigenvalue weighted by Crippen LogP contribution is 2.40. The van der Waals surface area contributed by atoms with Crippen molar-refractivity contribution in [3.63, 3.8) is 0 Å². The quantitative estimate of drug-likeness (QED) is 0.380. The van der Waals surface area contributed by atoms with Gasteiger partial charge in [0.1, 0.15) is 0 Å². The van der Waals surface area contributed by atoms with Gasteiger partial charge >= 0.3 is 0 Å². The van der Waals surface area contributed by atoms with Crippen LogP contribution in [-0.2, 0) is 6.42 Å². The molecule has 0 bridgehead atoms. The van der Waals surface area contributed by atoms with E-state index in [0.29, 0.717) is 0 Å². The second kappa shape index (κ2) is 7.81. The molecule has 0 saturated carbocycles. The highest BCUT2D eigenvalue weighted by Gasteiger charge is 2.23. The molecule has 4 aromatic carbocycles. The van der Waals surface area contributed by atoms with Crippen molar-refractivity contribution in [2.45, 2.75) is 12.5 Å². The van der Waals surface area contributed by atoms with Crippen molar-refractivity contribution in [3.05, 3.63) is 103 Å². The van der Waals surface area contributed by atoms with Crippen LogP contribution in [0, 0.1) is 12.3 Å². The van der Waals surface area contributed by atoms with Crippen molar-refractivity contribution >= 4 is 17.1 Å². The number of rotatable bonds is 4. The van der Waals surface area contributed by atoms with E-state index in [9.17, 15) is 0 Å². The van der Waals surface area contributed by atoms with E-state index in [-0.39, 0.29) is 6.04 Å². The second-order valence-corrected chi connectivity index (χ2v) is 7.53. The van der Waals surface area contributed by atoms with Crippen LogP contribution in [-0.4, -0.2) is 6.04 Å². The maximum atomic E-state index is 5.72. The predicted molar refractivity (Wildman–Crippen MR) is 127 cm³/mol. The molecule has 0 unspecified atom stereocenters. The summed E-state index contributed by atoms with van der Waals surface area (Å²) in [6, 6.07) is 33.8. The van der Waals surface area contributed by atoms with E-state index in [2.05, 4.69) is 101 Å². The van der Waals surface area contributed by atoms with Crippen molar-refractivity contribution < 1.29 is 0 Å². The highest BCUT2D eigenvalue weighted by atomic mass is 15.0. The third kappa shape index (κ3) is 3.43. The van der Waals surface area contributed by atoms with E-state index >= 15 is 0 Å². The van der Waals surface area contributed by atoms with Crippen molar-refractivity contribution in [2.75, 3.05) is 10.6 Å². The lowest BCUT2D eigenvalue weighted by atomic mass is 9.98. The summed E-state index contributed by atoms with van der Waals surface area (Å²) in [5, 5.41) is 7.18. The van der Waals surface area contributed by atoms with Gasteiger partial charge in [-0.05, 0) is 34.9 Å². The van der Waals surface area contributed by atoms with Gasteiger partial charge in [-0.1, -0.05) is 84.8 Å². The fraction of sp³-hybridized carbons (Fsp3) is 0.0714. The van der Waals surface area contributed by atoms with E-state index in [1.165, 1.54) is 27.8 Å². The van der Waals surface area contributed by atoms with Gasteiger partial charge in [0.2, 0.25) is 0 Å². The Morgan fingerprint density at radius 2 is 1.40 bits per heavy atom. The molecule has 5 rings (SSSR count). The minimum atomic E-state index is 0.0364. The summed E-state index contributed by atoms with van der Waals surface area (Å²) in [4.78, 5) is 0. The molecule has 2 heteroatoms. The number of benzene rings is 4. The molecule has 144 valence electrons. The molecule has 1 heterocycles. The van der Waals surface area contributed by atoms with Gasteiger partial charge in [0.25, 0.3) is 0 Å². The normalized spacial score (nSPS) is 14.4. The molecule has 1 aliphatic heterocycles. The molecular formula is C28H22N2. The first-order chi connectivity index (χ1) is 14.8. The molecule has 0 radical (unpaired) electrons. The Bertz CT molecular complexity index is 1220. The van der Waals surface area contributed by atoms with Crippen molar-refractivity contribution in [1.82, 2.24) is 0 Å². The average Bonchev–Trinajstić information content (AvgIpc) is 3.23. The zero-order chi connectivity index (χ0) is 20.3. The number of nitrogens with one attached hydrogen (secondary N) is 2. The Labute approximate surface area is 177 Å². The van der Waals surface area contributed by atoms with Crippen LogP contribution in [0.4, 0.5) is 17.1 Å². The first-order valence-electron chi connectivity index (χ1n) is 10.2. The number of hydrogen-bond donors (Lipinski definition) is 2. The molecule has 0 fully saturated rings. The first kappa shape index (κ1) is 18.1. The zero-order valence-electron chi connectivity index (χ0n) is 16.6. The Kier molecular flexibility index (Phi) is 4.71. The standard InChI is InChI=1S/C28H22N2/c1-2-23-17-22-18-24(19-26(28(22)30-23)21-13-7-4-8-14-21)29-27-16-10-9-15-25(27)20-11-5-3-6-12-20/h1,3-16,18-19,23,29-30H,17H2/t23-/m1/s1. The van der Waals surface area contributed by atoms with Gasteiger partial charge in [-0.25, -0.2) is 0 Å². The SMILES string of the molecule is C#C[C@@H]1Cc2cc(Nc3ccccc3-c3ccccc3)cc(-c3ccccc3)c2N1. The van der Waals surface area contributed by atoms with Crippen LogP contribution in [0.15, 0.2) is 97.1 Å². The Balaban J connectivity index is 1.58. The fourth-order valence-corrected chi connectivity index (χ4v) is 4.11. The van der Waals surface area contributed by atoms with Crippen LogP contribution in [0.3, 0.4) is 0 Å². The lowest BCUT2D eigenvalue weighted by molar-refractivity contribution is 0.956. The van der Waals surface area contributed by atoms with Gasteiger partial charge in [-0.2, -0.15) is 0 Å². The summed E-state index contributed by atoms with van der Waals surface area (Å²) in [5.41, 5.74) is 9.27. The zero-order valence-corrected chi connectivity index (χ0v) is 16.6. The Hall–Kier alpha value is -3.96. The summed E-state index contributed by atoms with van der Waals surface area (Å²) in [6.07, 6.45) is 6.55. The van der Waals surface area contributed by atoms with Gasteiger partial charge in [0, 0.05) is 34.6 Å². The summed E-state index contributed by atoms with van der Waals surface area (Å²) in [7, 11) is 0. The number of terminal acetylenes is 1. The number of anilines is 3.